The van der Waals surface area contributed by atoms with Crippen LogP contribution in [-0.4, -0.2) is 45.3 Å². The molecule has 1 N–H and O–H groups in total. The smallest absolute Gasteiger partial charge is 0.274 e. The number of rotatable bonds is 5. The van der Waals surface area contributed by atoms with Crippen LogP contribution in [0.25, 0.3) is 21.2 Å². The van der Waals surface area contributed by atoms with E-state index >= 15 is 0 Å². The third-order valence-electron chi connectivity index (χ3n) is 6.86. The summed E-state index contributed by atoms with van der Waals surface area (Å²) in [5.41, 5.74) is 1.39. The van der Waals surface area contributed by atoms with E-state index < -0.39 is 0 Å². The van der Waals surface area contributed by atoms with Crippen molar-refractivity contribution in [3.05, 3.63) is 83.0 Å². The van der Waals surface area contributed by atoms with E-state index in [1.165, 1.54) is 23.5 Å². The fraction of sp³-hybridized carbons (Fsp3) is 0.259. The predicted octanol–water partition coefficient (Wildman–Crippen LogP) is 4.84. The third-order valence-corrected chi connectivity index (χ3v) is 7.88. The van der Waals surface area contributed by atoms with E-state index in [0.717, 1.165) is 28.6 Å². The van der Waals surface area contributed by atoms with Crippen LogP contribution >= 0.6 is 11.3 Å². The number of likely N-dealkylation sites (tertiary alicyclic amines) is 1. The third kappa shape index (κ3) is 3.97. The van der Waals surface area contributed by atoms with E-state index in [-0.39, 0.29) is 29.7 Å². The molecule has 1 aliphatic heterocycles. The van der Waals surface area contributed by atoms with Crippen LogP contribution in [0.3, 0.4) is 0 Å². The lowest BCUT2D eigenvalue weighted by Crippen LogP contribution is -2.45. The van der Waals surface area contributed by atoms with Crippen molar-refractivity contribution in [3.8, 4) is 10.4 Å². The van der Waals surface area contributed by atoms with E-state index in [4.69, 9.17) is 0 Å². The van der Waals surface area contributed by atoms with Gasteiger partial charge in [0.25, 0.3) is 11.8 Å². The SMILES string of the molecule is Cc1nc(C(=O)N2C(CNC(=O)c3nccc4ccccc34)CC3C[C@@H]32)c(-c2cccc(F)c2)s1. The number of aryl methyl sites for hydroxylation is 1. The van der Waals surface area contributed by atoms with Crippen molar-refractivity contribution >= 4 is 33.9 Å². The molecule has 1 aliphatic carbocycles. The number of halogens is 1. The van der Waals surface area contributed by atoms with E-state index in [9.17, 15) is 14.0 Å². The lowest BCUT2D eigenvalue weighted by molar-refractivity contribution is 0.0684. The summed E-state index contributed by atoms with van der Waals surface area (Å²) >= 11 is 1.39. The molecule has 0 bridgehead atoms. The van der Waals surface area contributed by atoms with Crippen molar-refractivity contribution < 1.29 is 14.0 Å². The van der Waals surface area contributed by atoms with E-state index in [2.05, 4.69) is 15.3 Å². The minimum atomic E-state index is -0.349. The van der Waals surface area contributed by atoms with Gasteiger partial charge in [-0.3, -0.25) is 14.6 Å². The second-order valence-electron chi connectivity index (χ2n) is 9.18. The van der Waals surface area contributed by atoms with Gasteiger partial charge in [-0.15, -0.1) is 11.3 Å². The molecule has 6 rings (SSSR count). The Labute approximate surface area is 205 Å². The molecule has 4 aromatic rings. The van der Waals surface area contributed by atoms with Crippen molar-refractivity contribution in [2.24, 2.45) is 5.92 Å². The lowest BCUT2D eigenvalue weighted by Gasteiger charge is -2.27. The zero-order valence-electron chi connectivity index (χ0n) is 19.1. The lowest BCUT2D eigenvalue weighted by atomic mass is 10.1. The first kappa shape index (κ1) is 21.9. The van der Waals surface area contributed by atoms with Gasteiger partial charge < -0.3 is 10.2 Å². The predicted molar refractivity (Wildman–Crippen MR) is 133 cm³/mol. The van der Waals surface area contributed by atoms with Crippen LogP contribution in [-0.2, 0) is 0 Å². The molecule has 2 aliphatic rings. The summed E-state index contributed by atoms with van der Waals surface area (Å²) in [6.07, 6.45) is 3.45. The Hall–Kier alpha value is -3.65. The first-order valence-electron chi connectivity index (χ1n) is 11.7. The summed E-state index contributed by atoms with van der Waals surface area (Å²) < 4.78 is 13.9. The highest BCUT2D eigenvalue weighted by molar-refractivity contribution is 7.15. The fourth-order valence-corrected chi connectivity index (χ4v) is 6.08. The van der Waals surface area contributed by atoms with E-state index in [0.29, 0.717) is 34.3 Å². The van der Waals surface area contributed by atoms with Crippen molar-refractivity contribution in [3.63, 3.8) is 0 Å². The zero-order chi connectivity index (χ0) is 24.1. The molecule has 1 saturated heterocycles. The largest absolute Gasteiger partial charge is 0.349 e. The number of amides is 2. The molecule has 8 heteroatoms. The highest BCUT2D eigenvalue weighted by Crippen LogP contribution is 2.48. The Kier molecular flexibility index (Phi) is 5.33. The van der Waals surface area contributed by atoms with Gasteiger partial charge in [0.1, 0.15) is 17.2 Å². The van der Waals surface area contributed by atoms with Crippen LogP contribution in [0.4, 0.5) is 4.39 Å². The fourth-order valence-electron chi connectivity index (χ4n) is 5.17. The Morgan fingerprint density at radius 1 is 1.11 bits per heavy atom. The summed E-state index contributed by atoms with van der Waals surface area (Å²) in [7, 11) is 0. The average Bonchev–Trinajstić information content (AvgIpc) is 3.35. The van der Waals surface area contributed by atoms with Gasteiger partial charge in [-0.25, -0.2) is 9.37 Å². The molecule has 1 saturated carbocycles. The molecule has 2 unspecified atom stereocenters. The van der Waals surface area contributed by atoms with Crippen molar-refractivity contribution in [1.82, 2.24) is 20.2 Å². The van der Waals surface area contributed by atoms with Gasteiger partial charge in [0.05, 0.1) is 15.9 Å². The number of benzene rings is 2. The van der Waals surface area contributed by atoms with Gasteiger partial charge in [-0.2, -0.15) is 0 Å². The number of nitrogens with one attached hydrogen (secondary N) is 1. The molecule has 2 fully saturated rings. The maximum atomic E-state index is 13.9. The summed E-state index contributed by atoms with van der Waals surface area (Å²) in [4.78, 5) is 38.1. The van der Waals surface area contributed by atoms with E-state index in [1.807, 2.05) is 42.2 Å². The topological polar surface area (TPSA) is 75.2 Å². The standard InChI is InChI=1S/C27H23FN4O2S/c1-15-31-24(25(35-15)17-6-4-7-19(28)11-17)27(34)32-20(12-18-13-22(18)32)14-30-26(33)23-21-8-3-2-5-16(21)9-10-29-23/h2-11,18,20,22H,12-14H2,1H3,(H,30,33)/t18?,20?,22-/m0/s1. The van der Waals surface area contributed by atoms with Crippen LogP contribution in [0.5, 0.6) is 0 Å². The second kappa shape index (κ2) is 8.53. The molecule has 3 atom stereocenters. The van der Waals surface area contributed by atoms with Crippen molar-refractivity contribution in [1.29, 1.82) is 0 Å². The van der Waals surface area contributed by atoms with Crippen LogP contribution in [0.15, 0.2) is 60.8 Å². The first-order chi connectivity index (χ1) is 17.0. The molecule has 176 valence electrons. The number of pyridine rings is 1. The number of thiazole rings is 1. The van der Waals surface area contributed by atoms with Crippen molar-refractivity contribution in [2.75, 3.05) is 6.54 Å². The maximum absolute atomic E-state index is 13.9. The molecule has 0 spiro atoms. The molecule has 0 radical (unpaired) electrons. The monoisotopic (exact) mass is 486 g/mol. The van der Waals surface area contributed by atoms with Crippen LogP contribution in [0.2, 0.25) is 0 Å². The van der Waals surface area contributed by atoms with Crippen LogP contribution in [0.1, 0.15) is 38.8 Å². The van der Waals surface area contributed by atoms with Gasteiger partial charge in [0.2, 0.25) is 0 Å². The van der Waals surface area contributed by atoms with Gasteiger partial charge in [-0.05, 0) is 54.8 Å². The molecular formula is C27H23FN4O2S. The number of carbonyl (C=O) groups excluding carboxylic acids is 2. The average molecular weight is 487 g/mol. The molecule has 2 amide bonds. The van der Waals surface area contributed by atoms with E-state index in [1.54, 1.807) is 18.3 Å². The molecular weight excluding hydrogens is 463 g/mol. The Morgan fingerprint density at radius 3 is 2.83 bits per heavy atom. The number of hydrogen-bond acceptors (Lipinski definition) is 5. The quantitative estimate of drug-likeness (QED) is 0.438. The van der Waals surface area contributed by atoms with Gasteiger partial charge >= 0.3 is 0 Å². The summed E-state index contributed by atoms with van der Waals surface area (Å²) in [5.74, 6) is -0.298. The molecule has 2 aromatic heterocycles. The van der Waals surface area contributed by atoms with Crippen molar-refractivity contribution in [2.45, 2.75) is 31.8 Å². The minimum absolute atomic E-state index is 0.118. The zero-order valence-corrected chi connectivity index (χ0v) is 19.9. The van der Waals surface area contributed by atoms with Gasteiger partial charge in [0, 0.05) is 24.2 Å². The maximum Gasteiger partial charge on any atom is 0.274 e. The van der Waals surface area contributed by atoms with Gasteiger partial charge in [0.15, 0.2) is 0 Å². The summed E-state index contributed by atoms with van der Waals surface area (Å²) in [6.45, 7) is 2.20. The second-order valence-corrected chi connectivity index (χ2v) is 10.4. The molecule has 2 aromatic carbocycles. The number of fused-ring (bicyclic) bond motifs is 2. The molecule has 35 heavy (non-hydrogen) atoms. The number of piperidine rings is 1. The molecule has 6 nitrogen and oxygen atoms in total. The number of hydrogen-bond donors (Lipinski definition) is 1. The Bertz CT molecular complexity index is 1460. The molecule has 3 heterocycles. The van der Waals surface area contributed by atoms with Crippen LogP contribution < -0.4 is 5.32 Å². The Morgan fingerprint density at radius 2 is 1.97 bits per heavy atom. The summed E-state index contributed by atoms with van der Waals surface area (Å²) in [5, 5.41) is 5.51. The highest BCUT2D eigenvalue weighted by atomic mass is 32.1. The highest BCUT2D eigenvalue weighted by Gasteiger charge is 2.54. The Balaban J connectivity index is 1.23. The number of nitrogens with zero attached hydrogens (tertiary/aromatic N) is 3. The first-order valence-corrected chi connectivity index (χ1v) is 12.5. The summed E-state index contributed by atoms with van der Waals surface area (Å²) in [6, 6.07) is 15.8. The number of carbonyl (C=O) groups is 2. The van der Waals surface area contributed by atoms with Crippen LogP contribution in [0, 0.1) is 18.7 Å². The minimum Gasteiger partial charge on any atom is -0.349 e. The van der Waals surface area contributed by atoms with Gasteiger partial charge in [-0.1, -0.05) is 36.4 Å². The normalized spacial score (nSPS) is 20.6. The number of aromatic nitrogens is 2.